The van der Waals surface area contributed by atoms with Crippen molar-refractivity contribution in [1.29, 1.82) is 10.5 Å². The standard InChI is InChI=1S/C15H19N5/c1-3-12-11(8-16)10-19-14(13(12)9-17)20-6-4-15(2,18)5-7-20/h10H,3-7,18H2,1-2H3. The van der Waals surface area contributed by atoms with Gasteiger partial charge < -0.3 is 10.6 Å². The molecule has 1 aliphatic rings. The van der Waals surface area contributed by atoms with Crippen LogP contribution in [0.4, 0.5) is 5.82 Å². The van der Waals surface area contributed by atoms with Gasteiger partial charge in [0, 0.05) is 24.8 Å². The van der Waals surface area contributed by atoms with Crippen molar-refractivity contribution in [1.82, 2.24) is 4.98 Å². The molecular weight excluding hydrogens is 250 g/mol. The lowest BCUT2D eigenvalue weighted by Crippen LogP contribution is -2.48. The highest BCUT2D eigenvalue weighted by Gasteiger charge is 2.28. The van der Waals surface area contributed by atoms with E-state index in [9.17, 15) is 5.26 Å². The van der Waals surface area contributed by atoms with Crippen LogP contribution in [-0.4, -0.2) is 23.6 Å². The zero-order valence-electron chi connectivity index (χ0n) is 12.0. The third-order valence-corrected chi connectivity index (χ3v) is 3.96. The Labute approximate surface area is 119 Å². The highest BCUT2D eigenvalue weighted by Crippen LogP contribution is 2.28. The van der Waals surface area contributed by atoms with E-state index in [1.807, 2.05) is 6.92 Å². The molecule has 0 amide bonds. The summed E-state index contributed by atoms with van der Waals surface area (Å²) in [5.41, 5.74) is 7.82. The molecule has 1 aliphatic heterocycles. The topological polar surface area (TPSA) is 89.7 Å². The van der Waals surface area contributed by atoms with Crippen molar-refractivity contribution in [3.05, 3.63) is 22.9 Å². The second-order valence-electron chi connectivity index (χ2n) is 5.57. The van der Waals surface area contributed by atoms with Crippen LogP contribution in [-0.2, 0) is 6.42 Å². The summed E-state index contributed by atoms with van der Waals surface area (Å²) < 4.78 is 0. The fraction of sp³-hybridized carbons (Fsp3) is 0.533. The maximum Gasteiger partial charge on any atom is 0.146 e. The molecule has 2 N–H and O–H groups in total. The van der Waals surface area contributed by atoms with Gasteiger partial charge in [0.1, 0.15) is 18.0 Å². The van der Waals surface area contributed by atoms with Crippen LogP contribution in [0.1, 0.15) is 43.4 Å². The van der Waals surface area contributed by atoms with E-state index in [0.29, 0.717) is 23.4 Å². The molecule has 0 atom stereocenters. The minimum Gasteiger partial charge on any atom is -0.355 e. The van der Waals surface area contributed by atoms with Crippen LogP contribution >= 0.6 is 0 Å². The van der Waals surface area contributed by atoms with E-state index in [2.05, 4.69) is 28.9 Å². The van der Waals surface area contributed by atoms with Crippen LogP contribution in [0, 0.1) is 22.7 Å². The van der Waals surface area contributed by atoms with E-state index in [1.54, 1.807) is 6.20 Å². The molecule has 1 aromatic heterocycles. The van der Waals surface area contributed by atoms with Crippen LogP contribution in [0.15, 0.2) is 6.20 Å². The highest BCUT2D eigenvalue weighted by molar-refractivity contribution is 5.61. The second-order valence-corrected chi connectivity index (χ2v) is 5.57. The maximum absolute atomic E-state index is 9.43. The SMILES string of the molecule is CCc1c(C#N)cnc(N2CCC(C)(N)CC2)c1C#N. The van der Waals surface area contributed by atoms with E-state index in [-0.39, 0.29) is 5.54 Å². The molecule has 1 saturated heterocycles. The minimum atomic E-state index is -0.135. The third kappa shape index (κ3) is 2.59. The van der Waals surface area contributed by atoms with E-state index in [1.165, 1.54) is 0 Å². The number of hydrogen-bond acceptors (Lipinski definition) is 5. The van der Waals surface area contributed by atoms with Gasteiger partial charge in [-0.05, 0) is 31.7 Å². The third-order valence-electron chi connectivity index (χ3n) is 3.96. The summed E-state index contributed by atoms with van der Waals surface area (Å²) >= 11 is 0. The summed E-state index contributed by atoms with van der Waals surface area (Å²) in [5, 5.41) is 18.5. The number of pyridine rings is 1. The number of nitrogens with two attached hydrogens (primary N) is 1. The monoisotopic (exact) mass is 269 g/mol. The van der Waals surface area contributed by atoms with E-state index in [4.69, 9.17) is 11.0 Å². The largest absolute Gasteiger partial charge is 0.355 e. The van der Waals surface area contributed by atoms with Crippen LogP contribution in [0.25, 0.3) is 0 Å². The molecule has 0 spiro atoms. The van der Waals surface area contributed by atoms with Crippen molar-refractivity contribution < 1.29 is 0 Å². The van der Waals surface area contributed by atoms with Crippen LogP contribution < -0.4 is 10.6 Å². The van der Waals surface area contributed by atoms with Crippen LogP contribution in [0.5, 0.6) is 0 Å². The Morgan fingerprint density at radius 1 is 1.35 bits per heavy atom. The molecule has 104 valence electrons. The summed E-state index contributed by atoms with van der Waals surface area (Å²) in [6, 6.07) is 4.33. The van der Waals surface area contributed by atoms with Crippen LogP contribution in [0.2, 0.25) is 0 Å². The lowest BCUT2D eigenvalue weighted by Gasteiger charge is -2.37. The van der Waals surface area contributed by atoms with Gasteiger partial charge in [0.25, 0.3) is 0 Å². The molecule has 5 nitrogen and oxygen atoms in total. The summed E-state index contributed by atoms with van der Waals surface area (Å²) in [4.78, 5) is 6.45. The summed E-state index contributed by atoms with van der Waals surface area (Å²) in [5.74, 6) is 0.693. The van der Waals surface area contributed by atoms with Gasteiger partial charge in [-0.3, -0.25) is 0 Å². The predicted octanol–water partition coefficient (Wildman–Crippen LogP) is 1.70. The number of aromatic nitrogens is 1. The van der Waals surface area contributed by atoms with Crippen molar-refractivity contribution in [2.24, 2.45) is 5.73 Å². The fourth-order valence-corrected chi connectivity index (χ4v) is 2.59. The zero-order chi connectivity index (χ0) is 14.8. The molecular formula is C15H19N5. The van der Waals surface area contributed by atoms with Gasteiger partial charge in [-0.25, -0.2) is 4.98 Å². The quantitative estimate of drug-likeness (QED) is 0.882. The van der Waals surface area contributed by atoms with Crippen molar-refractivity contribution >= 4 is 5.82 Å². The average Bonchev–Trinajstić information content (AvgIpc) is 2.45. The average molecular weight is 269 g/mol. The lowest BCUT2D eigenvalue weighted by atomic mass is 9.90. The van der Waals surface area contributed by atoms with Crippen molar-refractivity contribution in [3.8, 4) is 12.1 Å². The Kier molecular flexibility index (Phi) is 3.92. The number of rotatable bonds is 2. The Hall–Kier alpha value is -2.11. The number of nitrogens with zero attached hydrogens (tertiary/aromatic N) is 4. The molecule has 0 aromatic carbocycles. The molecule has 0 aliphatic carbocycles. The van der Waals surface area contributed by atoms with Crippen molar-refractivity contribution in [2.45, 2.75) is 38.6 Å². The van der Waals surface area contributed by atoms with Gasteiger partial charge in [-0.2, -0.15) is 10.5 Å². The molecule has 2 heterocycles. The molecule has 1 fully saturated rings. The number of nitriles is 2. The first-order valence-electron chi connectivity index (χ1n) is 6.88. The summed E-state index contributed by atoms with van der Waals surface area (Å²) in [6.07, 6.45) is 3.98. The van der Waals surface area contributed by atoms with E-state index >= 15 is 0 Å². The molecule has 1 aromatic rings. The Morgan fingerprint density at radius 3 is 2.50 bits per heavy atom. The van der Waals surface area contributed by atoms with Gasteiger partial charge in [0.05, 0.1) is 11.1 Å². The Balaban J connectivity index is 2.39. The van der Waals surface area contributed by atoms with Gasteiger partial charge in [0.15, 0.2) is 0 Å². The molecule has 0 unspecified atom stereocenters. The normalized spacial score (nSPS) is 17.4. The number of anilines is 1. The van der Waals surface area contributed by atoms with Gasteiger partial charge in [-0.15, -0.1) is 0 Å². The van der Waals surface area contributed by atoms with Gasteiger partial charge >= 0.3 is 0 Å². The Morgan fingerprint density at radius 2 is 2.00 bits per heavy atom. The van der Waals surface area contributed by atoms with Crippen molar-refractivity contribution in [2.75, 3.05) is 18.0 Å². The zero-order valence-corrected chi connectivity index (χ0v) is 12.0. The molecule has 20 heavy (non-hydrogen) atoms. The molecule has 0 bridgehead atoms. The first kappa shape index (κ1) is 14.3. The van der Waals surface area contributed by atoms with Crippen LogP contribution in [0.3, 0.4) is 0 Å². The van der Waals surface area contributed by atoms with Gasteiger partial charge in [0.2, 0.25) is 0 Å². The molecule has 2 rings (SSSR count). The number of hydrogen-bond donors (Lipinski definition) is 1. The first-order valence-corrected chi connectivity index (χ1v) is 6.88. The smallest absolute Gasteiger partial charge is 0.146 e. The first-order chi connectivity index (χ1) is 9.52. The molecule has 5 heteroatoms. The predicted molar refractivity (Wildman–Crippen MR) is 77.1 cm³/mol. The number of piperidine rings is 1. The molecule has 0 saturated carbocycles. The summed E-state index contributed by atoms with van der Waals surface area (Å²) in [7, 11) is 0. The van der Waals surface area contributed by atoms with E-state index in [0.717, 1.165) is 31.5 Å². The second kappa shape index (κ2) is 5.48. The lowest BCUT2D eigenvalue weighted by molar-refractivity contribution is 0.363. The summed E-state index contributed by atoms with van der Waals surface area (Å²) in [6.45, 7) is 5.60. The minimum absolute atomic E-state index is 0.135. The molecule has 0 radical (unpaired) electrons. The van der Waals surface area contributed by atoms with Gasteiger partial charge in [-0.1, -0.05) is 6.92 Å². The highest BCUT2D eigenvalue weighted by atomic mass is 15.2. The fourth-order valence-electron chi connectivity index (χ4n) is 2.59. The maximum atomic E-state index is 9.43. The Bertz CT molecular complexity index is 582. The van der Waals surface area contributed by atoms with E-state index < -0.39 is 0 Å². The van der Waals surface area contributed by atoms with Crippen molar-refractivity contribution in [3.63, 3.8) is 0 Å².